The second kappa shape index (κ2) is 10.4. The van der Waals surface area contributed by atoms with Gasteiger partial charge in [0.05, 0.1) is 18.1 Å². The Morgan fingerprint density at radius 2 is 1.86 bits per heavy atom. The summed E-state index contributed by atoms with van der Waals surface area (Å²) in [6, 6.07) is 11.0. The van der Waals surface area contributed by atoms with Crippen molar-refractivity contribution in [3.05, 3.63) is 64.6 Å². The maximum atomic E-state index is 14.1. The van der Waals surface area contributed by atoms with Crippen molar-refractivity contribution < 1.29 is 9.53 Å². The number of ether oxygens (including phenoxy) is 1. The third-order valence-corrected chi connectivity index (χ3v) is 9.02. The van der Waals surface area contributed by atoms with E-state index in [1.807, 2.05) is 23.1 Å². The molecule has 0 spiro atoms. The Bertz CT molecular complexity index is 1210. The molecule has 1 atom stereocenters. The third kappa shape index (κ3) is 5.71. The third-order valence-electron chi connectivity index (χ3n) is 7.06. The quantitative estimate of drug-likeness (QED) is 0.261. The van der Waals surface area contributed by atoms with Crippen LogP contribution in [0.1, 0.15) is 52.7 Å². The van der Waals surface area contributed by atoms with Crippen LogP contribution in [0.5, 0.6) is 0 Å². The highest BCUT2D eigenvalue weighted by Gasteiger charge is 2.38. The van der Waals surface area contributed by atoms with Crippen LogP contribution in [0, 0.1) is 0 Å². The summed E-state index contributed by atoms with van der Waals surface area (Å²) in [4.78, 5) is 16.0. The summed E-state index contributed by atoms with van der Waals surface area (Å²) >= 11 is 6.09. The standard InChI is InChI=1S/C27H34ClN5O2Si/c1-36(2,3)15-14-35-18-33-26(24(20-4-5-20)25(31-33)21-10-12-29-30-16-21)27(34)32-13-11-22(17-32)19-6-8-23(28)9-7-19/h6-10,12,16,20,22H,4-5,11,13-15,17-18H2,1-3H3. The number of amides is 1. The van der Waals surface area contributed by atoms with Gasteiger partial charge in [-0.25, -0.2) is 4.68 Å². The van der Waals surface area contributed by atoms with E-state index >= 15 is 0 Å². The normalized spacial score (nSPS) is 18.1. The van der Waals surface area contributed by atoms with Gasteiger partial charge in [-0.05, 0) is 55.0 Å². The van der Waals surface area contributed by atoms with Crippen molar-refractivity contribution in [3.63, 3.8) is 0 Å². The van der Waals surface area contributed by atoms with Gasteiger partial charge in [0.1, 0.15) is 12.4 Å². The molecule has 36 heavy (non-hydrogen) atoms. The average molecular weight is 524 g/mol. The van der Waals surface area contributed by atoms with Crippen molar-refractivity contribution in [2.24, 2.45) is 0 Å². The molecular formula is C27H34ClN5O2Si. The highest BCUT2D eigenvalue weighted by atomic mass is 35.5. The first kappa shape index (κ1) is 25.1. The van der Waals surface area contributed by atoms with Gasteiger partial charge in [0, 0.05) is 49.8 Å². The van der Waals surface area contributed by atoms with Crippen LogP contribution < -0.4 is 0 Å². The van der Waals surface area contributed by atoms with E-state index in [2.05, 4.69) is 42.0 Å². The molecule has 1 unspecified atom stereocenters. The molecule has 1 aromatic carbocycles. The number of benzene rings is 1. The topological polar surface area (TPSA) is 73.1 Å². The van der Waals surface area contributed by atoms with Crippen LogP contribution in [0.3, 0.4) is 0 Å². The Labute approximate surface area is 218 Å². The van der Waals surface area contributed by atoms with Crippen LogP contribution >= 0.6 is 11.6 Å². The van der Waals surface area contributed by atoms with E-state index in [0.717, 1.165) is 53.7 Å². The molecule has 0 bridgehead atoms. The second-order valence-electron chi connectivity index (χ2n) is 11.2. The first-order valence-electron chi connectivity index (χ1n) is 12.8. The molecule has 2 aliphatic rings. The van der Waals surface area contributed by atoms with E-state index in [-0.39, 0.29) is 12.6 Å². The zero-order chi connectivity index (χ0) is 25.3. The predicted molar refractivity (Wildman–Crippen MR) is 144 cm³/mol. The van der Waals surface area contributed by atoms with E-state index in [0.29, 0.717) is 30.7 Å². The van der Waals surface area contributed by atoms with Gasteiger partial charge in [-0.15, -0.1) is 0 Å². The molecule has 3 heterocycles. The number of halogens is 1. The van der Waals surface area contributed by atoms with Crippen molar-refractivity contribution in [1.82, 2.24) is 24.9 Å². The molecule has 5 rings (SSSR count). The summed E-state index contributed by atoms with van der Waals surface area (Å²) in [6.45, 7) is 9.38. The Kier molecular flexibility index (Phi) is 7.28. The SMILES string of the molecule is C[Si](C)(C)CCOCn1nc(-c2ccnnc2)c(C2CC2)c1C(=O)N1CCC(c2ccc(Cl)cc2)C1. The molecule has 2 aromatic heterocycles. The van der Waals surface area contributed by atoms with Gasteiger partial charge >= 0.3 is 0 Å². The van der Waals surface area contributed by atoms with Crippen LogP contribution in [0.25, 0.3) is 11.3 Å². The van der Waals surface area contributed by atoms with Crippen LogP contribution in [0.2, 0.25) is 30.7 Å². The fraction of sp³-hybridized carbons (Fsp3) is 0.481. The van der Waals surface area contributed by atoms with Gasteiger partial charge in [-0.3, -0.25) is 4.79 Å². The second-order valence-corrected chi connectivity index (χ2v) is 17.2. The molecule has 190 valence electrons. The number of hydrogen-bond donors (Lipinski definition) is 0. The molecule has 0 N–H and O–H groups in total. The lowest BCUT2D eigenvalue weighted by Crippen LogP contribution is -2.31. The summed E-state index contributed by atoms with van der Waals surface area (Å²) < 4.78 is 7.88. The van der Waals surface area contributed by atoms with Crippen molar-refractivity contribution >= 4 is 25.6 Å². The van der Waals surface area contributed by atoms with Crippen LogP contribution in [-0.2, 0) is 11.5 Å². The molecule has 9 heteroatoms. The van der Waals surface area contributed by atoms with Gasteiger partial charge in [0.15, 0.2) is 0 Å². The molecule has 1 aliphatic carbocycles. The highest BCUT2D eigenvalue weighted by molar-refractivity contribution is 6.76. The summed E-state index contributed by atoms with van der Waals surface area (Å²) in [5.74, 6) is 0.698. The molecule has 1 aliphatic heterocycles. The number of carbonyl (C=O) groups excluding carboxylic acids is 1. The molecule has 3 aromatic rings. The Balaban J connectivity index is 1.44. The molecule has 7 nitrogen and oxygen atoms in total. The molecule has 1 amide bonds. The van der Waals surface area contributed by atoms with Gasteiger partial charge < -0.3 is 9.64 Å². The monoisotopic (exact) mass is 523 g/mol. The maximum Gasteiger partial charge on any atom is 0.272 e. The highest BCUT2D eigenvalue weighted by Crippen LogP contribution is 2.46. The Hall–Kier alpha value is -2.55. The van der Waals surface area contributed by atoms with E-state index in [4.69, 9.17) is 21.4 Å². The Morgan fingerprint density at radius 3 is 2.53 bits per heavy atom. The molecule has 1 saturated carbocycles. The largest absolute Gasteiger partial charge is 0.360 e. The zero-order valence-corrected chi connectivity index (χ0v) is 23.0. The van der Waals surface area contributed by atoms with E-state index in [9.17, 15) is 4.79 Å². The van der Waals surface area contributed by atoms with Gasteiger partial charge in [-0.2, -0.15) is 15.3 Å². The van der Waals surface area contributed by atoms with Gasteiger partial charge in [0.2, 0.25) is 0 Å². The maximum absolute atomic E-state index is 14.1. The lowest BCUT2D eigenvalue weighted by molar-refractivity contribution is 0.0652. The van der Waals surface area contributed by atoms with E-state index < -0.39 is 8.07 Å². The van der Waals surface area contributed by atoms with E-state index in [1.165, 1.54) is 5.56 Å². The number of nitrogens with zero attached hydrogens (tertiary/aromatic N) is 5. The van der Waals surface area contributed by atoms with Crippen molar-refractivity contribution in [2.45, 2.75) is 63.5 Å². The number of aromatic nitrogens is 4. The summed E-state index contributed by atoms with van der Waals surface area (Å²) in [5.41, 5.74) is 4.66. The fourth-order valence-electron chi connectivity index (χ4n) is 4.83. The minimum absolute atomic E-state index is 0.0444. The predicted octanol–water partition coefficient (Wildman–Crippen LogP) is 5.81. The molecule has 0 radical (unpaired) electrons. The van der Waals surface area contributed by atoms with E-state index in [1.54, 1.807) is 17.1 Å². The number of hydrogen-bond acceptors (Lipinski definition) is 5. The fourth-order valence-corrected chi connectivity index (χ4v) is 5.71. The molecule has 1 saturated heterocycles. The summed E-state index contributed by atoms with van der Waals surface area (Å²) in [6.07, 6.45) is 6.48. The molecule has 2 fully saturated rings. The average Bonchev–Trinajstić information content (AvgIpc) is 3.44. The lowest BCUT2D eigenvalue weighted by atomic mass is 9.99. The van der Waals surface area contributed by atoms with Gasteiger partial charge in [-0.1, -0.05) is 43.4 Å². The van der Waals surface area contributed by atoms with Crippen LogP contribution in [-0.4, -0.2) is 58.6 Å². The minimum atomic E-state index is -1.22. The van der Waals surface area contributed by atoms with Crippen molar-refractivity contribution in [1.29, 1.82) is 0 Å². The number of rotatable bonds is 9. The first-order chi connectivity index (χ1) is 17.3. The van der Waals surface area contributed by atoms with Crippen molar-refractivity contribution in [2.75, 3.05) is 19.7 Å². The number of carbonyl (C=O) groups is 1. The smallest absolute Gasteiger partial charge is 0.272 e. The first-order valence-corrected chi connectivity index (χ1v) is 16.9. The minimum Gasteiger partial charge on any atom is -0.360 e. The molecular weight excluding hydrogens is 490 g/mol. The Morgan fingerprint density at radius 1 is 1.08 bits per heavy atom. The van der Waals surface area contributed by atoms with Crippen LogP contribution in [0.4, 0.5) is 0 Å². The summed E-state index contributed by atoms with van der Waals surface area (Å²) in [7, 11) is -1.22. The summed E-state index contributed by atoms with van der Waals surface area (Å²) in [5, 5.41) is 13.6. The van der Waals surface area contributed by atoms with Gasteiger partial charge in [0.25, 0.3) is 5.91 Å². The zero-order valence-electron chi connectivity index (χ0n) is 21.3. The van der Waals surface area contributed by atoms with Crippen LogP contribution in [0.15, 0.2) is 42.7 Å². The van der Waals surface area contributed by atoms with Crippen molar-refractivity contribution in [3.8, 4) is 11.3 Å². The lowest BCUT2D eigenvalue weighted by Gasteiger charge is -2.19. The number of likely N-dealkylation sites (tertiary alicyclic amines) is 1.